The lowest BCUT2D eigenvalue weighted by atomic mass is 10.1. The fourth-order valence-corrected chi connectivity index (χ4v) is 3.02. The van der Waals surface area contributed by atoms with Gasteiger partial charge in [0.05, 0.1) is 4.92 Å². The van der Waals surface area contributed by atoms with Crippen LogP contribution in [0.1, 0.15) is 5.56 Å². The highest BCUT2D eigenvalue weighted by Crippen LogP contribution is 2.22. The minimum Gasteiger partial charge on any atom is -0.289 e. The van der Waals surface area contributed by atoms with Crippen LogP contribution in [0.5, 0.6) is 0 Å². The molecule has 4 rings (SSSR count). The van der Waals surface area contributed by atoms with Crippen LogP contribution >= 0.6 is 0 Å². The zero-order valence-corrected chi connectivity index (χ0v) is 12.0. The molecule has 4 aromatic carbocycles. The minimum absolute atomic E-state index is 0.00449. The Labute approximate surface area is 130 Å². The van der Waals surface area contributed by atoms with E-state index in [0.29, 0.717) is 10.6 Å². The number of benzene rings is 3. The van der Waals surface area contributed by atoms with Crippen LogP contribution in [0, 0.1) is 10.1 Å². The van der Waals surface area contributed by atoms with Crippen LogP contribution in [-0.4, -0.2) is 4.92 Å². The predicted molar refractivity (Wildman–Crippen MR) is 90.8 cm³/mol. The van der Waals surface area contributed by atoms with Crippen LogP contribution in [0.3, 0.4) is 0 Å². The first-order chi connectivity index (χ1) is 11.1. The molecular weight excluding hydrogens is 290 g/mol. The number of hydrogen-bond acceptors (Lipinski definition) is 3. The molecule has 0 N–H and O–H groups in total. The molecule has 0 spiro atoms. The van der Waals surface area contributed by atoms with Gasteiger partial charge in [-0.1, -0.05) is 36.4 Å². The van der Waals surface area contributed by atoms with Crippen LogP contribution in [-0.2, 0) is 0 Å². The van der Waals surface area contributed by atoms with Crippen molar-refractivity contribution in [3.63, 3.8) is 0 Å². The molecule has 0 heterocycles. The summed E-state index contributed by atoms with van der Waals surface area (Å²) >= 11 is 0. The van der Waals surface area contributed by atoms with Gasteiger partial charge in [-0.05, 0) is 34.5 Å². The summed E-state index contributed by atoms with van der Waals surface area (Å²) in [6, 6.07) is 17.8. The average molecular weight is 301 g/mol. The van der Waals surface area contributed by atoms with E-state index in [9.17, 15) is 14.9 Å². The highest BCUT2D eigenvalue weighted by Gasteiger charge is 2.10. The SMILES string of the molecule is O=c1c(=Cc2ccc([N+](=O)[O-])cc2)c2cccc3cccc1c32. The average Bonchev–Trinajstić information content (AvgIpc) is 2.84. The molecule has 0 atom stereocenters. The molecule has 0 saturated heterocycles. The van der Waals surface area contributed by atoms with Crippen molar-refractivity contribution in [1.29, 1.82) is 0 Å². The largest absolute Gasteiger partial charge is 0.289 e. The van der Waals surface area contributed by atoms with E-state index in [-0.39, 0.29) is 11.1 Å². The molecule has 0 aliphatic heterocycles. The van der Waals surface area contributed by atoms with Crippen molar-refractivity contribution >= 4 is 33.3 Å². The first-order valence-corrected chi connectivity index (χ1v) is 7.18. The molecule has 0 aliphatic carbocycles. The maximum absolute atomic E-state index is 12.7. The molecule has 0 aromatic heterocycles. The highest BCUT2D eigenvalue weighted by molar-refractivity contribution is 6.12. The number of nitro groups is 1. The van der Waals surface area contributed by atoms with Gasteiger partial charge in [0.15, 0.2) is 5.43 Å². The third-order valence-electron chi connectivity index (χ3n) is 4.10. The molecule has 0 amide bonds. The van der Waals surface area contributed by atoms with Gasteiger partial charge < -0.3 is 0 Å². The van der Waals surface area contributed by atoms with Crippen LogP contribution in [0.4, 0.5) is 5.69 Å². The Balaban J connectivity index is 2.02. The Morgan fingerprint density at radius 1 is 0.870 bits per heavy atom. The van der Waals surface area contributed by atoms with Crippen molar-refractivity contribution in [3.05, 3.63) is 91.8 Å². The second-order valence-corrected chi connectivity index (χ2v) is 5.45. The molecule has 0 saturated carbocycles. The molecule has 4 heteroatoms. The first kappa shape index (κ1) is 13.4. The van der Waals surface area contributed by atoms with E-state index in [0.717, 1.165) is 21.7 Å². The summed E-state index contributed by atoms with van der Waals surface area (Å²) in [7, 11) is 0. The Kier molecular flexibility index (Phi) is 2.84. The van der Waals surface area contributed by atoms with Gasteiger partial charge in [-0.15, -0.1) is 0 Å². The van der Waals surface area contributed by atoms with E-state index < -0.39 is 4.92 Å². The van der Waals surface area contributed by atoms with E-state index >= 15 is 0 Å². The summed E-state index contributed by atoms with van der Waals surface area (Å²) in [5.41, 5.74) is 0.800. The zero-order chi connectivity index (χ0) is 16.0. The molecular formula is C19H11NO3. The maximum atomic E-state index is 12.7. The van der Waals surface area contributed by atoms with Crippen LogP contribution < -0.4 is 10.6 Å². The van der Waals surface area contributed by atoms with Gasteiger partial charge in [0, 0.05) is 28.1 Å². The van der Waals surface area contributed by atoms with E-state index in [4.69, 9.17) is 0 Å². The second-order valence-electron chi connectivity index (χ2n) is 5.45. The number of nitro benzene ring substituents is 1. The van der Waals surface area contributed by atoms with E-state index in [1.807, 2.05) is 36.4 Å². The molecule has 0 aliphatic rings. The van der Waals surface area contributed by atoms with Crippen LogP contribution in [0.25, 0.3) is 27.6 Å². The summed E-state index contributed by atoms with van der Waals surface area (Å²) in [6.45, 7) is 0. The molecule has 0 radical (unpaired) electrons. The zero-order valence-electron chi connectivity index (χ0n) is 12.0. The van der Waals surface area contributed by atoms with Gasteiger partial charge in [0.1, 0.15) is 0 Å². The van der Waals surface area contributed by atoms with E-state index in [1.54, 1.807) is 18.2 Å². The summed E-state index contributed by atoms with van der Waals surface area (Å²) in [5.74, 6) is 0. The molecule has 110 valence electrons. The summed E-state index contributed by atoms with van der Waals surface area (Å²) < 4.78 is 0. The Hall–Kier alpha value is -3.27. The van der Waals surface area contributed by atoms with Crippen molar-refractivity contribution in [1.82, 2.24) is 0 Å². The lowest BCUT2D eigenvalue weighted by Crippen LogP contribution is -2.19. The van der Waals surface area contributed by atoms with Gasteiger partial charge in [-0.3, -0.25) is 14.9 Å². The monoisotopic (exact) mass is 301 g/mol. The van der Waals surface area contributed by atoms with Gasteiger partial charge in [-0.2, -0.15) is 0 Å². The van der Waals surface area contributed by atoms with Crippen molar-refractivity contribution in [2.24, 2.45) is 0 Å². The van der Waals surface area contributed by atoms with E-state index in [1.165, 1.54) is 12.1 Å². The minimum atomic E-state index is -0.436. The number of rotatable bonds is 2. The second kappa shape index (κ2) is 4.88. The molecule has 0 bridgehead atoms. The third-order valence-corrected chi connectivity index (χ3v) is 4.10. The Morgan fingerprint density at radius 2 is 1.52 bits per heavy atom. The number of nitrogens with zero attached hydrogens (tertiary/aromatic N) is 1. The van der Waals surface area contributed by atoms with Crippen molar-refractivity contribution in [2.45, 2.75) is 0 Å². The topological polar surface area (TPSA) is 60.2 Å². The van der Waals surface area contributed by atoms with E-state index in [2.05, 4.69) is 0 Å². The molecule has 4 nitrogen and oxygen atoms in total. The van der Waals surface area contributed by atoms with Crippen LogP contribution in [0.2, 0.25) is 0 Å². The predicted octanol–water partition coefficient (Wildman–Crippen LogP) is 3.25. The fraction of sp³-hybridized carbons (Fsp3) is 0. The lowest BCUT2D eigenvalue weighted by Gasteiger charge is -1.96. The van der Waals surface area contributed by atoms with Crippen molar-refractivity contribution in [3.8, 4) is 0 Å². The standard InChI is InChI=1S/C19H11NO3/c21-19-16-6-2-4-13-3-1-5-15(18(13)16)17(19)11-12-7-9-14(10-8-12)20(22)23/h1-11H. The fourth-order valence-electron chi connectivity index (χ4n) is 3.02. The lowest BCUT2D eigenvalue weighted by molar-refractivity contribution is -0.384. The Morgan fingerprint density at radius 3 is 2.17 bits per heavy atom. The maximum Gasteiger partial charge on any atom is 0.269 e. The summed E-state index contributed by atoms with van der Waals surface area (Å²) in [4.78, 5) is 23.0. The molecule has 4 aromatic rings. The molecule has 0 fully saturated rings. The number of non-ortho nitro benzene ring substituents is 1. The third kappa shape index (κ3) is 2.04. The number of hydrogen-bond donors (Lipinski definition) is 0. The van der Waals surface area contributed by atoms with Gasteiger partial charge in [0.25, 0.3) is 5.69 Å². The molecule has 0 unspecified atom stereocenters. The van der Waals surface area contributed by atoms with Gasteiger partial charge in [-0.25, -0.2) is 0 Å². The van der Waals surface area contributed by atoms with Crippen molar-refractivity contribution < 1.29 is 4.92 Å². The van der Waals surface area contributed by atoms with Gasteiger partial charge >= 0.3 is 0 Å². The Bertz CT molecular complexity index is 1140. The quantitative estimate of drug-likeness (QED) is 0.422. The molecule has 23 heavy (non-hydrogen) atoms. The normalized spacial score (nSPS) is 12.3. The summed E-state index contributed by atoms with van der Waals surface area (Å²) in [5, 5.41) is 15.0. The van der Waals surface area contributed by atoms with Crippen LogP contribution in [0.15, 0.2) is 65.5 Å². The first-order valence-electron chi connectivity index (χ1n) is 7.18. The van der Waals surface area contributed by atoms with Crippen molar-refractivity contribution in [2.75, 3.05) is 0 Å². The highest BCUT2D eigenvalue weighted by atomic mass is 16.6. The smallest absolute Gasteiger partial charge is 0.269 e. The van der Waals surface area contributed by atoms with Gasteiger partial charge in [0.2, 0.25) is 0 Å². The summed E-state index contributed by atoms with van der Waals surface area (Å²) in [6.07, 6.45) is 1.79.